The van der Waals surface area contributed by atoms with Gasteiger partial charge in [-0.05, 0) is 35.6 Å². The van der Waals surface area contributed by atoms with Gasteiger partial charge in [0.25, 0.3) is 5.56 Å². The highest BCUT2D eigenvalue weighted by Crippen LogP contribution is 2.21. The third-order valence-corrected chi connectivity index (χ3v) is 4.89. The van der Waals surface area contributed by atoms with Gasteiger partial charge in [0.15, 0.2) is 0 Å². The van der Waals surface area contributed by atoms with Gasteiger partial charge in [0.2, 0.25) is 0 Å². The Bertz CT molecular complexity index is 856. The second kappa shape index (κ2) is 5.10. The largest absolute Gasteiger partial charge is 0.293 e. The van der Waals surface area contributed by atoms with Gasteiger partial charge in [-0.3, -0.25) is 9.36 Å². The number of aryl methyl sites for hydroxylation is 1. The Kier molecular flexibility index (Phi) is 3.43. The summed E-state index contributed by atoms with van der Waals surface area (Å²) in [6, 6.07) is 4.43. The van der Waals surface area contributed by atoms with E-state index in [4.69, 9.17) is 0 Å². The molecule has 0 aliphatic carbocycles. The maximum atomic E-state index is 13.1. The van der Waals surface area contributed by atoms with Gasteiger partial charge in [-0.1, -0.05) is 22.0 Å². The molecule has 0 radical (unpaired) electrons. The van der Waals surface area contributed by atoms with Crippen LogP contribution < -0.4 is 5.56 Å². The van der Waals surface area contributed by atoms with E-state index in [1.54, 1.807) is 12.4 Å². The molecule has 2 aromatic heterocycles. The van der Waals surface area contributed by atoms with Gasteiger partial charge >= 0.3 is 0 Å². The molecular weight excluding hydrogens is 343 g/mol. The molecule has 3 rings (SSSR count). The van der Waals surface area contributed by atoms with Crippen LogP contribution in [0.25, 0.3) is 10.2 Å². The average molecular weight is 353 g/mol. The number of fused-ring (bicyclic) bond motifs is 1. The molecule has 3 aromatic rings. The molecule has 0 atom stereocenters. The number of benzene rings is 1. The molecule has 1 aromatic carbocycles. The zero-order chi connectivity index (χ0) is 14.3. The highest BCUT2D eigenvalue weighted by molar-refractivity contribution is 9.10. The monoisotopic (exact) mass is 352 g/mol. The fourth-order valence-electron chi connectivity index (χ4n) is 2.01. The molecule has 0 aliphatic rings. The number of halogens is 2. The minimum atomic E-state index is -0.310. The number of rotatable bonds is 2. The van der Waals surface area contributed by atoms with E-state index in [2.05, 4.69) is 20.9 Å². The standard InChI is InChI=1S/C14H10BrFN2OS/c1-8-6-20-13-12(8)17-7-18(14(13)19)5-9-2-3-10(16)4-11(9)15/h2-4,6-7H,5H2,1H3. The van der Waals surface area contributed by atoms with Gasteiger partial charge in [-0.2, -0.15) is 0 Å². The fraction of sp³-hybridized carbons (Fsp3) is 0.143. The molecule has 0 unspecified atom stereocenters. The number of hydrogen-bond donors (Lipinski definition) is 0. The molecule has 3 nitrogen and oxygen atoms in total. The van der Waals surface area contributed by atoms with Crippen molar-refractivity contribution in [2.75, 3.05) is 0 Å². The van der Waals surface area contributed by atoms with E-state index >= 15 is 0 Å². The van der Waals surface area contributed by atoms with Crippen LogP contribution in [0.5, 0.6) is 0 Å². The van der Waals surface area contributed by atoms with Gasteiger partial charge in [0.1, 0.15) is 10.5 Å². The molecule has 0 bridgehead atoms. The van der Waals surface area contributed by atoms with Gasteiger partial charge in [-0.15, -0.1) is 11.3 Å². The number of thiophene rings is 1. The first-order valence-electron chi connectivity index (χ1n) is 5.93. The lowest BCUT2D eigenvalue weighted by molar-refractivity contribution is 0.624. The third-order valence-electron chi connectivity index (χ3n) is 3.08. The van der Waals surface area contributed by atoms with E-state index in [-0.39, 0.29) is 11.4 Å². The van der Waals surface area contributed by atoms with Gasteiger partial charge in [0, 0.05) is 4.47 Å². The second-order valence-corrected chi connectivity index (χ2v) is 6.24. The van der Waals surface area contributed by atoms with Gasteiger partial charge < -0.3 is 0 Å². The molecular formula is C14H10BrFN2OS. The van der Waals surface area contributed by atoms with E-state index in [9.17, 15) is 9.18 Å². The Hall–Kier alpha value is -1.53. The van der Waals surface area contributed by atoms with E-state index in [0.717, 1.165) is 16.6 Å². The molecule has 0 saturated heterocycles. The molecule has 0 spiro atoms. The van der Waals surface area contributed by atoms with E-state index in [1.165, 1.54) is 28.0 Å². The summed E-state index contributed by atoms with van der Waals surface area (Å²) in [5.74, 6) is -0.310. The van der Waals surface area contributed by atoms with Crippen molar-refractivity contribution in [2.24, 2.45) is 0 Å². The van der Waals surface area contributed by atoms with Crippen molar-refractivity contribution in [3.63, 3.8) is 0 Å². The Morgan fingerprint density at radius 3 is 3.00 bits per heavy atom. The van der Waals surface area contributed by atoms with E-state index in [0.29, 0.717) is 15.7 Å². The van der Waals surface area contributed by atoms with Gasteiger partial charge in [0.05, 0.1) is 18.4 Å². The van der Waals surface area contributed by atoms with Crippen molar-refractivity contribution in [3.05, 3.63) is 61.7 Å². The number of nitrogens with zero attached hydrogens (tertiary/aromatic N) is 2. The van der Waals surface area contributed by atoms with Crippen molar-refractivity contribution in [1.82, 2.24) is 9.55 Å². The Labute approximate surface area is 126 Å². The summed E-state index contributed by atoms with van der Waals surface area (Å²) in [4.78, 5) is 16.7. The first kappa shape index (κ1) is 13.5. The van der Waals surface area contributed by atoms with Crippen molar-refractivity contribution in [1.29, 1.82) is 0 Å². The molecule has 20 heavy (non-hydrogen) atoms. The minimum Gasteiger partial charge on any atom is -0.293 e. The summed E-state index contributed by atoms with van der Waals surface area (Å²) in [7, 11) is 0. The predicted octanol–water partition coefficient (Wildman–Crippen LogP) is 3.72. The van der Waals surface area contributed by atoms with Crippen LogP contribution in [0.3, 0.4) is 0 Å². The van der Waals surface area contributed by atoms with Crippen LogP contribution in [-0.4, -0.2) is 9.55 Å². The summed E-state index contributed by atoms with van der Waals surface area (Å²) < 4.78 is 15.9. The molecule has 0 N–H and O–H groups in total. The summed E-state index contributed by atoms with van der Waals surface area (Å²) in [6.07, 6.45) is 1.54. The number of hydrogen-bond acceptors (Lipinski definition) is 3. The topological polar surface area (TPSA) is 34.9 Å². The lowest BCUT2D eigenvalue weighted by Gasteiger charge is -2.07. The zero-order valence-corrected chi connectivity index (χ0v) is 13.0. The maximum absolute atomic E-state index is 13.1. The fourth-order valence-corrected chi connectivity index (χ4v) is 3.43. The molecule has 0 aliphatic heterocycles. The molecule has 6 heteroatoms. The summed E-state index contributed by atoms with van der Waals surface area (Å²) in [6.45, 7) is 2.30. The Balaban J connectivity index is 2.07. The molecule has 0 amide bonds. The molecule has 0 saturated carbocycles. The summed E-state index contributed by atoms with van der Waals surface area (Å²) >= 11 is 4.71. The van der Waals surface area contributed by atoms with E-state index < -0.39 is 0 Å². The van der Waals surface area contributed by atoms with Crippen LogP contribution in [0.15, 0.2) is 39.2 Å². The summed E-state index contributed by atoms with van der Waals surface area (Å²) in [5, 5.41) is 1.93. The van der Waals surface area contributed by atoms with Crippen LogP contribution in [0, 0.1) is 12.7 Å². The Morgan fingerprint density at radius 2 is 2.25 bits per heavy atom. The van der Waals surface area contributed by atoms with Crippen LogP contribution in [0.4, 0.5) is 4.39 Å². The quantitative estimate of drug-likeness (QED) is 0.704. The highest BCUT2D eigenvalue weighted by atomic mass is 79.9. The van der Waals surface area contributed by atoms with Crippen molar-refractivity contribution < 1.29 is 4.39 Å². The van der Waals surface area contributed by atoms with Gasteiger partial charge in [-0.25, -0.2) is 9.37 Å². The normalized spacial score (nSPS) is 11.2. The van der Waals surface area contributed by atoms with Crippen molar-refractivity contribution >= 4 is 37.5 Å². The highest BCUT2D eigenvalue weighted by Gasteiger charge is 2.10. The first-order chi connectivity index (χ1) is 9.56. The molecule has 0 fully saturated rings. The van der Waals surface area contributed by atoms with Crippen LogP contribution in [0.2, 0.25) is 0 Å². The van der Waals surface area contributed by atoms with Crippen LogP contribution in [0.1, 0.15) is 11.1 Å². The smallest absolute Gasteiger partial charge is 0.271 e. The van der Waals surface area contributed by atoms with E-state index in [1.807, 2.05) is 12.3 Å². The lowest BCUT2D eigenvalue weighted by atomic mass is 10.2. The first-order valence-corrected chi connectivity index (χ1v) is 7.60. The van der Waals surface area contributed by atoms with Crippen LogP contribution >= 0.6 is 27.3 Å². The van der Waals surface area contributed by atoms with Crippen molar-refractivity contribution in [2.45, 2.75) is 13.5 Å². The second-order valence-electron chi connectivity index (χ2n) is 4.51. The minimum absolute atomic E-state index is 0.0654. The molecule has 2 heterocycles. The molecule has 102 valence electrons. The number of aromatic nitrogens is 2. The summed E-state index contributed by atoms with van der Waals surface area (Å²) in [5.41, 5.74) is 2.54. The average Bonchev–Trinajstić information content (AvgIpc) is 2.78. The zero-order valence-electron chi connectivity index (χ0n) is 10.6. The Morgan fingerprint density at radius 1 is 1.45 bits per heavy atom. The lowest BCUT2D eigenvalue weighted by Crippen LogP contribution is -2.20. The predicted molar refractivity (Wildman–Crippen MR) is 81.8 cm³/mol. The van der Waals surface area contributed by atoms with Crippen molar-refractivity contribution in [3.8, 4) is 0 Å². The third kappa shape index (κ3) is 2.29. The van der Waals surface area contributed by atoms with Crippen LogP contribution in [-0.2, 0) is 6.54 Å². The maximum Gasteiger partial charge on any atom is 0.271 e. The SMILES string of the molecule is Cc1csc2c(=O)n(Cc3ccc(F)cc3Br)cnc12.